The lowest BCUT2D eigenvalue weighted by Gasteiger charge is -2.29. The van der Waals surface area contributed by atoms with Gasteiger partial charge in [0.05, 0.1) is 0 Å². The van der Waals surface area contributed by atoms with Crippen LogP contribution < -0.4 is 0 Å². The maximum Gasteiger partial charge on any atom is 0.326 e. The molecule has 2 aliphatic rings. The van der Waals surface area contributed by atoms with E-state index in [0.29, 0.717) is 13.0 Å². The summed E-state index contributed by atoms with van der Waals surface area (Å²) in [7, 11) is 0. The molecule has 2 fully saturated rings. The minimum Gasteiger partial charge on any atom is -0.480 e. The van der Waals surface area contributed by atoms with Gasteiger partial charge in [-0.3, -0.25) is 0 Å². The average Bonchev–Trinajstić information content (AvgIpc) is 2.80. The van der Waals surface area contributed by atoms with Gasteiger partial charge in [0, 0.05) is 19.6 Å². The highest BCUT2D eigenvalue weighted by molar-refractivity contribution is 5.83. The van der Waals surface area contributed by atoms with Gasteiger partial charge in [0.2, 0.25) is 0 Å². The van der Waals surface area contributed by atoms with Crippen LogP contribution in [0.1, 0.15) is 51.9 Å². The Morgan fingerprint density at radius 2 is 1.85 bits per heavy atom. The molecule has 2 amide bonds. The van der Waals surface area contributed by atoms with Crippen LogP contribution in [0.3, 0.4) is 0 Å². The molecular formula is C15H26N2O3. The fraction of sp³-hybridized carbons (Fsp3) is 0.867. The maximum absolute atomic E-state index is 12.5. The topological polar surface area (TPSA) is 60.9 Å². The van der Waals surface area contributed by atoms with Crippen molar-refractivity contribution in [3.63, 3.8) is 0 Å². The molecule has 0 radical (unpaired) electrons. The SMILES string of the molecule is CCCC1CCCN(C(=O)N2CCC[C@H]2C(=O)O)CC1. The second-order valence-corrected chi connectivity index (χ2v) is 6.04. The van der Waals surface area contributed by atoms with Gasteiger partial charge in [-0.25, -0.2) is 9.59 Å². The average molecular weight is 282 g/mol. The highest BCUT2D eigenvalue weighted by Crippen LogP contribution is 2.25. The molecule has 0 bridgehead atoms. The van der Waals surface area contributed by atoms with Crippen LogP contribution in [0.5, 0.6) is 0 Å². The molecule has 5 heteroatoms. The van der Waals surface area contributed by atoms with Gasteiger partial charge in [0.1, 0.15) is 6.04 Å². The van der Waals surface area contributed by atoms with Crippen molar-refractivity contribution in [1.29, 1.82) is 0 Å². The number of hydrogen-bond acceptors (Lipinski definition) is 2. The van der Waals surface area contributed by atoms with Gasteiger partial charge in [-0.2, -0.15) is 0 Å². The predicted octanol–water partition coefficient (Wildman–Crippen LogP) is 2.56. The summed E-state index contributed by atoms with van der Waals surface area (Å²) in [6.07, 6.45) is 7.13. The first-order chi connectivity index (χ1) is 9.63. The van der Waals surface area contributed by atoms with Crippen molar-refractivity contribution < 1.29 is 14.7 Å². The Kier molecular flexibility index (Phi) is 5.26. The summed E-state index contributed by atoms with van der Waals surface area (Å²) < 4.78 is 0. The highest BCUT2D eigenvalue weighted by Gasteiger charge is 2.36. The Labute approximate surface area is 120 Å². The van der Waals surface area contributed by atoms with E-state index in [1.807, 2.05) is 4.90 Å². The molecule has 2 heterocycles. The van der Waals surface area contributed by atoms with Gasteiger partial charge in [0.25, 0.3) is 0 Å². The van der Waals surface area contributed by atoms with E-state index in [4.69, 9.17) is 0 Å². The predicted molar refractivity (Wildman–Crippen MR) is 76.6 cm³/mol. The number of urea groups is 1. The molecule has 0 aromatic rings. The zero-order chi connectivity index (χ0) is 14.5. The number of hydrogen-bond donors (Lipinski definition) is 1. The zero-order valence-corrected chi connectivity index (χ0v) is 12.4. The minimum atomic E-state index is -0.866. The molecule has 114 valence electrons. The molecule has 2 saturated heterocycles. The second kappa shape index (κ2) is 6.95. The lowest BCUT2D eigenvalue weighted by molar-refractivity contribution is -0.141. The summed E-state index contributed by atoms with van der Waals surface area (Å²) in [4.78, 5) is 27.1. The first-order valence-electron chi connectivity index (χ1n) is 7.91. The molecule has 2 atom stereocenters. The Morgan fingerprint density at radius 1 is 1.10 bits per heavy atom. The Bertz CT molecular complexity index is 359. The summed E-state index contributed by atoms with van der Waals surface area (Å²) in [5, 5.41) is 9.19. The number of carboxylic acid groups (broad SMARTS) is 1. The summed E-state index contributed by atoms with van der Waals surface area (Å²) in [6, 6.07) is -0.677. The summed E-state index contributed by atoms with van der Waals surface area (Å²) in [6.45, 7) is 4.36. The summed E-state index contributed by atoms with van der Waals surface area (Å²) >= 11 is 0. The van der Waals surface area contributed by atoms with Gasteiger partial charge in [-0.1, -0.05) is 19.8 Å². The smallest absolute Gasteiger partial charge is 0.326 e. The number of nitrogens with zero attached hydrogens (tertiary/aromatic N) is 2. The number of amides is 2. The van der Waals surface area contributed by atoms with Crippen molar-refractivity contribution in [2.75, 3.05) is 19.6 Å². The van der Waals surface area contributed by atoms with Crippen molar-refractivity contribution in [2.45, 2.75) is 57.9 Å². The third-order valence-electron chi connectivity index (χ3n) is 4.60. The van der Waals surface area contributed by atoms with E-state index in [-0.39, 0.29) is 6.03 Å². The van der Waals surface area contributed by atoms with E-state index in [1.54, 1.807) is 4.90 Å². The van der Waals surface area contributed by atoms with E-state index >= 15 is 0 Å². The quantitative estimate of drug-likeness (QED) is 0.865. The van der Waals surface area contributed by atoms with Crippen molar-refractivity contribution in [3.8, 4) is 0 Å². The molecule has 5 nitrogen and oxygen atoms in total. The number of carboxylic acids is 1. The zero-order valence-electron chi connectivity index (χ0n) is 12.4. The van der Waals surface area contributed by atoms with Crippen LogP contribution in [0.25, 0.3) is 0 Å². The Morgan fingerprint density at radius 3 is 2.55 bits per heavy atom. The lowest BCUT2D eigenvalue weighted by atomic mass is 9.96. The standard InChI is InChI=1S/C15H26N2O3/c1-2-5-12-6-3-9-16(11-8-12)15(20)17-10-4-7-13(17)14(18)19/h12-13H,2-11H2,1H3,(H,18,19)/t12?,13-/m0/s1. The third kappa shape index (κ3) is 3.44. The van der Waals surface area contributed by atoms with Gasteiger partial charge in [-0.15, -0.1) is 0 Å². The van der Waals surface area contributed by atoms with E-state index in [0.717, 1.165) is 38.3 Å². The van der Waals surface area contributed by atoms with E-state index in [1.165, 1.54) is 19.3 Å². The highest BCUT2D eigenvalue weighted by atomic mass is 16.4. The molecule has 20 heavy (non-hydrogen) atoms. The molecule has 0 aliphatic carbocycles. The first-order valence-corrected chi connectivity index (χ1v) is 7.91. The molecule has 0 aromatic carbocycles. The monoisotopic (exact) mass is 282 g/mol. The number of likely N-dealkylation sites (tertiary alicyclic amines) is 2. The Balaban J connectivity index is 1.93. The van der Waals surface area contributed by atoms with Crippen molar-refractivity contribution in [1.82, 2.24) is 9.80 Å². The minimum absolute atomic E-state index is 0.0629. The van der Waals surface area contributed by atoms with Crippen LogP contribution >= 0.6 is 0 Å². The Hall–Kier alpha value is -1.26. The van der Waals surface area contributed by atoms with Crippen LogP contribution in [0, 0.1) is 5.92 Å². The fourth-order valence-electron chi connectivity index (χ4n) is 3.49. The van der Waals surface area contributed by atoms with Gasteiger partial charge in [-0.05, 0) is 38.0 Å². The second-order valence-electron chi connectivity index (χ2n) is 6.04. The number of rotatable bonds is 3. The third-order valence-corrected chi connectivity index (χ3v) is 4.60. The molecular weight excluding hydrogens is 256 g/mol. The van der Waals surface area contributed by atoms with Crippen molar-refractivity contribution >= 4 is 12.0 Å². The van der Waals surface area contributed by atoms with Crippen LogP contribution in [0.2, 0.25) is 0 Å². The molecule has 0 saturated carbocycles. The van der Waals surface area contributed by atoms with Crippen molar-refractivity contribution in [2.24, 2.45) is 5.92 Å². The number of carbonyl (C=O) groups is 2. The van der Waals surface area contributed by atoms with Gasteiger partial charge >= 0.3 is 12.0 Å². The lowest BCUT2D eigenvalue weighted by Crippen LogP contribution is -2.48. The number of carbonyl (C=O) groups excluding carboxylic acids is 1. The summed E-state index contributed by atoms with van der Waals surface area (Å²) in [5.74, 6) is -0.138. The number of aliphatic carboxylic acids is 1. The van der Waals surface area contributed by atoms with Gasteiger partial charge in [0.15, 0.2) is 0 Å². The van der Waals surface area contributed by atoms with Gasteiger partial charge < -0.3 is 14.9 Å². The molecule has 2 aliphatic heterocycles. The van der Waals surface area contributed by atoms with Crippen LogP contribution in [0.15, 0.2) is 0 Å². The van der Waals surface area contributed by atoms with E-state index in [9.17, 15) is 14.7 Å². The van der Waals surface area contributed by atoms with E-state index < -0.39 is 12.0 Å². The molecule has 2 rings (SSSR count). The molecule has 1 unspecified atom stereocenters. The van der Waals surface area contributed by atoms with Crippen LogP contribution in [-0.4, -0.2) is 52.6 Å². The summed E-state index contributed by atoms with van der Waals surface area (Å²) in [5.41, 5.74) is 0. The van der Waals surface area contributed by atoms with E-state index in [2.05, 4.69) is 6.92 Å². The normalized spacial score (nSPS) is 27.4. The fourth-order valence-corrected chi connectivity index (χ4v) is 3.49. The molecule has 0 aromatic heterocycles. The maximum atomic E-state index is 12.5. The first kappa shape index (κ1) is 15.1. The molecule has 1 N–H and O–H groups in total. The molecule has 0 spiro atoms. The van der Waals surface area contributed by atoms with Crippen LogP contribution in [-0.2, 0) is 4.79 Å². The largest absolute Gasteiger partial charge is 0.480 e. The van der Waals surface area contributed by atoms with Crippen LogP contribution in [0.4, 0.5) is 4.79 Å². The van der Waals surface area contributed by atoms with Crippen molar-refractivity contribution in [3.05, 3.63) is 0 Å².